The van der Waals surface area contributed by atoms with Gasteiger partial charge in [-0.2, -0.15) is 5.10 Å². The molecule has 0 aliphatic carbocycles. The SMILES string of the molecule is Cc1cc(C(=O)NC(Cc2ccccc2)C(=O)C(N)=O)n(-c2ccc(OC3CCOCC3)cc2)n1. The molecule has 1 saturated heterocycles. The fourth-order valence-corrected chi connectivity index (χ4v) is 3.97. The molecule has 2 amide bonds. The number of ether oxygens (including phenoxy) is 2. The number of nitrogens with zero attached hydrogens (tertiary/aromatic N) is 2. The Bertz CT molecular complexity index is 1180. The molecular weight excluding hydrogens is 448 g/mol. The summed E-state index contributed by atoms with van der Waals surface area (Å²) in [6.45, 7) is 3.15. The Kier molecular flexibility index (Phi) is 7.57. The zero-order valence-corrected chi connectivity index (χ0v) is 19.5. The van der Waals surface area contributed by atoms with Crippen LogP contribution in [-0.4, -0.2) is 52.7 Å². The van der Waals surface area contributed by atoms with Gasteiger partial charge in [0.25, 0.3) is 11.8 Å². The van der Waals surface area contributed by atoms with Crippen LogP contribution in [0.15, 0.2) is 60.7 Å². The van der Waals surface area contributed by atoms with Crippen LogP contribution in [0.1, 0.15) is 34.6 Å². The number of carbonyl (C=O) groups is 3. The van der Waals surface area contributed by atoms with Crippen LogP contribution in [-0.2, 0) is 20.7 Å². The van der Waals surface area contributed by atoms with Crippen molar-refractivity contribution in [2.75, 3.05) is 13.2 Å². The molecule has 0 spiro atoms. The van der Waals surface area contributed by atoms with Crippen molar-refractivity contribution in [1.82, 2.24) is 15.1 Å². The molecule has 0 saturated carbocycles. The van der Waals surface area contributed by atoms with Gasteiger partial charge in [0.05, 0.1) is 24.6 Å². The van der Waals surface area contributed by atoms with Crippen molar-refractivity contribution in [1.29, 1.82) is 0 Å². The topological polar surface area (TPSA) is 126 Å². The van der Waals surface area contributed by atoms with E-state index >= 15 is 0 Å². The van der Waals surface area contributed by atoms with Crippen LogP contribution in [0.4, 0.5) is 0 Å². The molecule has 0 radical (unpaired) electrons. The highest BCUT2D eigenvalue weighted by atomic mass is 16.5. The predicted molar refractivity (Wildman–Crippen MR) is 128 cm³/mol. The number of nitrogens with two attached hydrogens (primary N) is 1. The third-order valence-corrected chi connectivity index (χ3v) is 5.76. The zero-order valence-electron chi connectivity index (χ0n) is 19.5. The third kappa shape index (κ3) is 6.13. The van der Waals surface area contributed by atoms with Gasteiger partial charge in [-0.15, -0.1) is 0 Å². The van der Waals surface area contributed by atoms with Crippen molar-refractivity contribution >= 4 is 17.6 Å². The highest BCUT2D eigenvalue weighted by Crippen LogP contribution is 2.21. The van der Waals surface area contributed by atoms with E-state index in [1.807, 2.05) is 54.6 Å². The monoisotopic (exact) mass is 476 g/mol. The van der Waals surface area contributed by atoms with Crippen molar-refractivity contribution in [3.05, 3.63) is 77.6 Å². The number of hydrogen-bond donors (Lipinski definition) is 2. The van der Waals surface area contributed by atoms with Crippen LogP contribution in [0, 0.1) is 6.92 Å². The summed E-state index contributed by atoms with van der Waals surface area (Å²) in [5, 5.41) is 7.11. The highest BCUT2D eigenvalue weighted by Gasteiger charge is 2.27. The predicted octanol–water partition coefficient (Wildman–Crippen LogP) is 2.13. The minimum absolute atomic E-state index is 0.118. The Balaban J connectivity index is 1.52. The van der Waals surface area contributed by atoms with E-state index < -0.39 is 23.6 Å². The molecule has 1 aromatic heterocycles. The first-order valence-corrected chi connectivity index (χ1v) is 11.5. The number of amides is 2. The molecule has 9 nitrogen and oxygen atoms in total. The summed E-state index contributed by atoms with van der Waals surface area (Å²) < 4.78 is 12.9. The van der Waals surface area contributed by atoms with E-state index in [9.17, 15) is 14.4 Å². The summed E-state index contributed by atoms with van der Waals surface area (Å²) >= 11 is 0. The average molecular weight is 477 g/mol. The lowest BCUT2D eigenvalue weighted by molar-refractivity contribution is -0.137. The first-order valence-electron chi connectivity index (χ1n) is 11.5. The van der Waals surface area contributed by atoms with Crippen molar-refractivity contribution in [2.24, 2.45) is 5.73 Å². The Morgan fingerprint density at radius 3 is 2.46 bits per heavy atom. The van der Waals surface area contributed by atoms with Crippen LogP contribution in [0.2, 0.25) is 0 Å². The number of hydrogen-bond acceptors (Lipinski definition) is 6. The normalized spacial score (nSPS) is 14.8. The Hall–Kier alpha value is -3.98. The molecule has 2 aromatic carbocycles. The number of carbonyl (C=O) groups excluding carboxylic acids is 3. The minimum atomic E-state index is -1.10. The van der Waals surface area contributed by atoms with E-state index in [1.165, 1.54) is 4.68 Å². The molecule has 1 aliphatic heterocycles. The van der Waals surface area contributed by atoms with Gasteiger partial charge in [-0.05, 0) is 42.8 Å². The van der Waals surface area contributed by atoms with Gasteiger partial charge in [0.2, 0.25) is 5.78 Å². The summed E-state index contributed by atoms with van der Waals surface area (Å²) in [5.74, 6) is -1.77. The lowest BCUT2D eigenvalue weighted by atomic mass is 10.0. The molecular formula is C26H28N4O5. The number of benzene rings is 2. The standard InChI is InChI=1S/C26H28N4O5/c1-17-15-23(26(33)28-22(24(31)25(27)32)16-18-5-3-2-4-6-18)30(29-17)19-7-9-20(10-8-19)35-21-11-13-34-14-12-21/h2-10,15,21-22H,11-14,16H2,1H3,(H2,27,32)(H,28,33). The minimum Gasteiger partial charge on any atom is -0.490 e. The van der Waals surface area contributed by atoms with Crippen molar-refractivity contribution in [2.45, 2.75) is 38.3 Å². The smallest absolute Gasteiger partial charge is 0.287 e. The van der Waals surface area contributed by atoms with Gasteiger partial charge in [-0.25, -0.2) is 4.68 Å². The van der Waals surface area contributed by atoms with Crippen LogP contribution < -0.4 is 15.8 Å². The Morgan fingerprint density at radius 1 is 1.11 bits per heavy atom. The maximum Gasteiger partial charge on any atom is 0.287 e. The summed E-state index contributed by atoms with van der Waals surface area (Å²) in [4.78, 5) is 37.2. The van der Waals surface area contributed by atoms with E-state index in [0.29, 0.717) is 24.6 Å². The van der Waals surface area contributed by atoms with E-state index in [-0.39, 0.29) is 18.2 Å². The number of nitrogens with one attached hydrogen (secondary N) is 1. The van der Waals surface area contributed by atoms with Gasteiger partial charge in [0.1, 0.15) is 23.6 Å². The van der Waals surface area contributed by atoms with E-state index in [2.05, 4.69) is 10.4 Å². The number of ketones is 1. The quantitative estimate of drug-likeness (QED) is 0.456. The zero-order chi connectivity index (χ0) is 24.8. The lowest BCUT2D eigenvalue weighted by Gasteiger charge is -2.23. The summed E-state index contributed by atoms with van der Waals surface area (Å²) in [6.07, 6.45) is 1.95. The second-order valence-corrected chi connectivity index (χ2v) is 8.45. The van der Waals surface area contributed by atoms with Gasteiger partial charge < -0.3 is 20.5 Å². The number of aryl methyl sites for hydroxylation is 1. The number of Topliss-reactive ketones (excluding diaryl/α,β-unsaturated/α-hetero) is 1. The fraction of sp³-hybridized carbons (Fsp3) is 0.308. The molecule has 182 valence electrons. The average Bonchev–Trinajstić information content (AvgIpc) is 3.26. The van der Waals surface area contributed by atoms with E-state index in [0.717, 1.165) is 24.2 Å². The fourth-order valence-electron chi connectivity index (χ4n) is 3.97. The largest absolute Gasteiger partial charge is 0.490 e. The number of aromatic nitrogens is 2. The molecule has 1 fully saturated rings. The second-order valence-electron chi connectivity index (χ2n) is 8.45. The van der Waals surface area contributed by atoms with Crippen molar-refractivity contribution < 1.29 is 23.9 Å². The highest BCUT2D eigenvalue weighted by molar-refractivity contribution is 6.38. The maximum atomic E-state index is 13.2. The van der Waals surface area contributed by atoms with E-state index in [1.54, 1.807) is 13.0 Å². The van der Waals surface area contributed by atoms with E-state index in [4.69, 9.17) is 15.2 Å². The summed E-state index contributed by atoms with van der Waals surface area (Å²) in [7, 11) is 0. The molecule has 3 aromatic rings. The van der Waals surface area contributed by atoms with Gasteiger partial charge in [0.15, 0.2) is 0 Å². The molecule has 35 heavy (non-hydrogen) atoms. The number of rotatable bonds is 9. The maximum absolute atomic E-state index is 13.2. The molecule has 1 aliphatic rings. The Morgan fingerprint density at radius 2 is 1.80 bits per heavy atom. The number of primary amides is 1. The Labute approximate surface area is 203 Å². The molecule has 1 atom stereocenters. The second kappa shape index (κ2) is 11.0. The first-order chi connectivity index (χ1) is 16.9. The first kappa shape index (κ1) is 24.2. The molecule has 3 N–H and O–H groups in total. The van der Waals surface area contributed by atoms with Gasteiger partial charge in [0, 0.05) is 19.3 Å². The van der Waals surface area contributed by atoms with Crippen LogP contribution >= 0.6 is 0 Å². The van der Waals surface area contributed by atoms with Crippen molar-refractivity contribution in [3.63, 3.8) is 0 Å². The van der Waals surface area contributed by atoms with Gasteiger partial charge in [-0.3, -0.25) is 14.4 Å². The van der Waals surface area contributed by atoms with Crippen LogP contribution in [0.25, 0.3) is 5.69 Å². The molecule has 0 bridgehead atoms. The molecule has 2 heterocycles. The molecule has 9 heteroatoms. The van der Waals surface area contributed by atoms with Gasteiger partial charge >= 0.3 is 0 Å². The molecule has 1 unspecified atom stereocenters. The van der Waals surface area contributed by atoms with Crippen LogP contribution in [0.5, 0.6) is 5.75 Å². The van der Waals surface area contributed by atoms with Crippen LogP contribution in [0.3, 0.4) is 0 Å². The third-order valence-electron chi connectivity index (χ3n) is 5.76. The van der Waals surface area contributed by atoms with Gasteiger partial charge in [-0.1, -0.05) is 30.3 Å². The lowest BCUT2D eigenvalue weighted by Crippen LogP contribution is -2.47. The summed E-state index contributed by atoms with van der Waals surface area (Å²) in [5.41, 5.74) is 7.54. The van der Waals surface area contributed by atoms with Crippen molar-refractivity contribution in [3.8, 4) is 11.4 Å². The molecule has 4 rings (SSSR count). The summed E-state index contributed by atoms with van der Waals surface area (Å²) in [6, 6.07) is 16.9.